The standard InChI is InChI=1S/C17H35NO/c1-14(19-12-10-11-18-9)17(8,16(5,6)7)13-15(2,3)4/h18H,1,10-13H2,2-9H3. The summed E-state index contributed by atoms with van der Waals surface area (Å²) < 4.78 is 5.95. The van der Waals surface area contributed by atoms with Crippen LogP contribution in [-0.2, 0) is 4.74 Å². The summed E-state index contributed by atoms with van der Waals surface area (Å²) in [4.78, 5) is 0. The van der Waals surface area contributed by atoms with Crippen LogP contribution in [0.3, 0.4) is 0 Å². The average Bonchev–Trinajstić information content (AvgIpc) is 2.20. The monoisotopic (exact) mass is 269 g/mol. The van der Waals surface area contributed by atoms with Crippen molar-refractivity contribution in [2.45, 2.75) is 61.3 Å². The Balaban J connectivity index is 4.81. The largest absolute Gasteiger partial charge is 0.498 e. The predicted molar refractivity (Wildman–Crippen MR) is 85.3 cm³/mol. The number of rotatable bonds is 7. The average molecular weight is 269 g/mol. The Morgan fingerprint density at radius 2 is 1.58 bits per heavy atom. The molecule has 1 N–H and O–H groups in total. The van der Waals surface area contributed by atoms with Gasteiger partial charge in [0.25, 0.3) is 0 Å². The number of hydrogen-bond donors (Lipinski definition) is 1. The fourth-order valence-corrected chi connectivity index (χ4v) is 2.45. The molecule has 0 radical (unpaired) electrons. The summed E-state index contributed by atoms with van der Waals surface area (Å²) in [5.41, 5.74) is 0.393. The van der Waals surface area contributed by atoms with E-state index in [1.807, 2.05) is 7.05 Å². The van der Waals surface area contributed by atoms with Gasteiger partial charge in [-0.15, -0.1) is 0 Å². The molecule has 0 aliphatic carbocycles. The number of nitrogens with one attached hydrogen (secondary N) is 1. The molecule has 2 nitrogen and oxygen atoms in total. The minimum Gasteiger partial charge on any atom is -0.498 e. The number of allylic oxidation sites excluding steroid dienone is 1. The maximum absolute atomic E-state index is 5.95. The molecule has 0 aliphatic rings. The van der Waals surface area contributed by atoms with E-state index in [1.165, 1.54) is 0 Å². The predicted octanol–water partition coefficient (Wildman–Crippen LogP) is 4.61. The molecule has 0 rings (SSSR count). The van der Waals surface area contributed by atoms with Crippen LogP contribution in [0.2, 0.25) is 0 Å². The molecule has 0 saturated heterocycles. The molecule has 0 amide bonds. The highest BCUT2D eigenvalue weighted by Crippen LogP contribution is 2.51. The van der Waals surface area contributed by atoms with E-state index in [4.69, 9.17) is 4.74 Å². The second-order valence-corrected chi connectivity index (χ2v) is 8.05. The smallest absolute Gasteiger partial charge is 0.0952 e. The number of ether oxygens (including phenoxy) is 1. The zero-order valence-corrected chi connectivity index (χ0v) is 14.4. The number of hydrogen-bond acceptors (Lipinski definition) is 2. The summed E-state index contributed by atoms with van der Waals surface area (Å²) in [6, 6.07) is 0. The van der Waals surface area contributed by atoms with E-state index in [-0.39, 0.29) is 16.2 Å². The molecular weight excluding hydrogens is 234 g/mol. The molecular formula is C17H35NO. The Morgan fingerprint density at radius 1 is 1.05 bits per heavy atom. The molecule has 1 unspecified atom stereocenters. The first kappa shape index (κ1) is 18.5. The summed E-state index contributed by atoms with van der Waals surface area (Å²) in [6.45, 7) is 21.9. The van der Waals surface area contributed by atoms with Crippen LogP contribution < -0.4 is 5.32 Å². The minimum atomic E-state index is -0.00903. The van der Waals surface area contributed by atoms with Crippen LogP contribution >= 0.6 is 0 Å². The van der Waals surface area contributed by atoms with Gasteiger partial charge in [0.2, 0.25) is 0 Å². The van der Waals surface area contributed by atoms with Crippen molar-refractivity contribution >= 4 is 0 Å². The van der Waals surface area contributed by atoms with Gasteiger partial charge in [-0.1, -0.05) is 55.0 Å². The first-order valence-corrected chi connectivity index (χ1v) is 7.41. The van der Waals surface area contributed by atoms with E-state index in [0.717, 1.165) is 31.8 Å². The van der Waals surface area contributed by atoms with Crippen molar-refractivity contribution in [1.29, 1.82) is 0 Å². The highest BCUT2D eigenvalue weighted by Gasteiger charge is 2.43. The van der Waals surface area contributed by atoms with Gasteiger partial charge in [0.05, 0.1) is 12.4 Å². The first-order chi connectivity index (χ1) is 8.44. The van der Waals surface area contributed by atoms with Gasteiger partial charge in [-0.25, -0.2) is 0 Å². The van der Waals surface area contributed by atoms with Gasteiger partial charge in [0, 0.05) is 5.41 Å². The third-order valence-electron chi connectivity index (χ3n) is 4.00. The van der Waals surface area contributed by atoms with E-state index in [0.29, 0.717) is 0 Å². The van der Waals surface area contributed by atoms with Gasteiger partial charge in [-0.05, 0) is 37.3 Å². The van der Waals surface area contributed by atoms with Crippen molar-refractivity contribution in [2.75, 3.05) is 20.2 Å². The normalized spacial score (nSPS) is 16.0. The molecule has 0 saturated carbocycles. The van der Waals surface area contributed by atoms with Crippen molar-refractivity contribution in [3.8, 4) is 0 Å². The van der Waals surface area contributed by atoms with Gasteiger partial charge < -0.3 is 10.1 Å². The van der Waals surface area contributed by atoms with Gasteiger partial charge in [-0.3, -0.25) is 0 Å². The van der Waals surface area contributed by atoms with Crippen LogP contribution in [0.1, 0.15) is 61.3 Å². The quantitative estimate of drug-likeness (QED) is 0.538. The van der Waals surface area contributed by atoms with Crippen LogP contribution in [0, 0.1) is 16.2 Å². The molecule has 0 fully saturated rings. The molecule has 19 heavy (non-hydrogen) atoms. The van der Waals surface area contributed by atoms with Crippen LogP contribution in [0.25, 0.3) is 0 Å². The van der Waals surface area contributed by atoms with E-state index in [2.05, 4.69) is 60.4 Å². The fraction of sp³-hybridized carbons (Fsp3) is 0.882. The van der Waals surface area contributed by atoms with Crippen LogP contribution in [-0.4, -0.2) is 20.2 Å². The first-order valence-electron chi connectivity index (χ1n) is 7.41. The maximum Gasteiger partial charge on any atom is 0.0952 e. The maximum atomic E-state index is 5.95. The second kappa shape index (κ2) is 6.78. The molecule has 2 heteroatoms. The fourth-order valence-electron chi connectivity index (χ4n) is 2.45. The minimum absolute atomic E-state index is 0.00903. The third kappa shape index (κ3) is 5.99. The summed E-state index contributed by atoms with van der Waals surface area (Å²) in [5, 5.41) is 3.14. The van der Waals surface area contributed by atoms with Gasteiger partial charge >= 0.3 is 0 Å². The van der Waals surface area contributed by atoms with Crippen molar-refractivity contribution in [3.63, 3.8) is 0 Å². The highest BCUT2D eigenvalue weighted by atomic mass is 16.5. The summed E-state index contributed by atoms with van der Waals surface area (Å²) in [7, 11) is 1.97. The molecule has 0 bridgehead atoms. The Hall–Kier alpha value is -0.500. The second-order valence-electron chi connectivity index (χ2n) is 8.05. The van der Waals surface area contributed by atoms with Crippen molar-refractivity contribution < 1.29 is 4.74 Å². The van der Waals surface area contributed by atoms with Gasteiger partial charge in [0.1, 0.15) is 0 Å². The Morgan fingerprint density at radius 3 is 1.95 bits per heavy atom. The molecule has 1 atom stereocenters. The Labute approximate surface area is 121 Å². The lowest BCUT2D eigenvalue weighted by atomic mass is 9.60. The van der Waals surface area contributed by atoms with Crippen LogP contribution in [0.5, 0.6) is 0 Å². The lowest BCUT2D eigenvalue weighted by molar-refractivity contribution is 0.0208. The van der Waals surface area contributed by atoms with Crippen LogP contribution in [0.15, 0.2) is 12.3 Å². The molecule has 0 spiro atoms. The molecule has 0 heterocycles. The van der Waals surface area contributed by atoms with E-state index in [1.54, 1.807) is 0 Å². The topological polar surface area (TPSA) is 21.3 Å². The van der Waals surface area contributed by atoms with Crippen molar-refractivity contribution in [1.82, 2.24) is 5.32 Å². The zero-order chi connectivity index (χ0) is 15.3. The van der Waals surface area contributed by atoms with E-state index >= 15 is 0 Å². The van der Waals surface area contributed by atoms with Crippen LogP contribution in [0.4, 0.5) is 0 Å². The Kier molecular flexibility index (Phi) is 6.61. The van der Waals surface area contributed by atoms with Crippen molar-refractivity contribution in [3.05, 3.63) is 12.3 Å². The SMILES string of the molecule is C=C(OCCCNC)C(C)(CC(C)(C)C)C(C)(C)C. The lowest BCUT2D eigenvalue weighted by Gasteiger charge is -2.46. The van der Waals surface area contributed by atoms with Gasteiger partial charge in [0.15, 0.2) is 0 Å². The molecule has 0 aromatic carbocycles. The molecule has 114 valence electrons. The van der Waals surface area contributed by atoms with E-state index < -0.39 is 0 Å². The zero-order valence-electron chi connectivity index (χ0n) is 14.4. The highest BCUT2D eigenvalue weighted by molar-refractivity contribution is 5.08. The van der Waals surface area contributed by atoms with Crippen molar-refractivity contribution in [2.24, 2.45) is 16.2 Å². The third-order valence-corrected chi connectivity index (χ3v) is 4.00. The molecule has 0 aromatic heterocycles. The van der Waals surface area contributed by atoms with Gasteiger partial charge in [-0.2, -0.15) is 0 Å². The van der Waals surface area contributed by atoms with E-state index in [9.17, 15) is 0 Å². The molecule has 0 aliphatic heterocycles. The summed E-state index contributed by atoms with van der Waals surface area (Å²) in [6.07, 6.45) is 2.10. The molecule has 0 aromatic rings. The Bertz CT molecular complexity index is 283. The lowest BCUT2D eigenvalue weighted by Crippen LogP contribution is -2.38. The summed E-state index contributed by atoms with van der Waals surface area (Å²) >= 11 is 0. The summed E-state index contributed by atoms with van der Waals surface area (Å²) in [5.74, 6) is 0.936.